The minimum atomic E-state index is -0.569. The van der Waals surface area contributed by atoms with Crippen LogP contribution >= 0.6 is 11.6 Å². The van der Waals surface area contributed by atoms with E-state index in [2.05, 4.69) is 10.5 Å². The minimum absolute atomic E-state index is 0.0340. The summed E-state index contributed by atoms with van der Waals surface area (Å²) in [6, 6.07) is 5.25. The fourth-order valence-corrected chi connectivity index (χ4v) is 2.79. The first-order valence-corrected chi connectivity index (χ1v) is 7.11. The van der Waals surface area contributed by atoms with Crippen molar-refractivity contribution >= 4 is 17.4 Å². The number of hydrogen-bond acceptors (Lipinski definition) is 4. The molecule has 6 heteroatoms. The van der Waals surface area contributed by atoms with Crippen LogP contribution in [-0.4, -0.2) is 28.3 Å². The van der Waals surface area contributed by atoms with Crippen LogP contribution in [0.25, 0.3) is 0 Å². The molecule has 0 unspecified atom stereocenters. The highest BCUT2D eigenvalue weighted by Crippen LogP contribution is 2.28. The van der Waals surface area contributed by atoms with Crippen molar-refractivity contribution in [3.8, 4) is 0 Å². The average molecular weight is 298 g/mol. The first kappa shape index (κ1) is 15.1. The zero-order valence-corrected chi connectivity index (χ0v) is 12.0. The molecule has 1 aliphatic carbocycles. The number of hydrogen-bond donors (Lipinski definition) is 4. The van der Waals surface area contributed by atoms with Crippen molar-refractivity contribution in [2.45, 2.75) is 37.8 Å². The maximum Gasteiger partial charge on any atom is 0.170 e. The zero-order chi connectivity index (χ0) is 14.6. The SMILES string of the molecule is N/C(=N/O)c1ccc(CNCC2(O)CCCC2)c(Cl)c1. The number of oxime groups is 1. The smallest absolute Gasteiger partial charge is 0.170 e. The van der Waals surface area contributed by atoms with Crippen molar-refractivity contribution in [2.75, 3.05) is 6.54 Å². The highest BCUT2D eigenvalue weighted by molar-refractivity contribution is 6.31. The molecule has 0 aromatic heterocycles. The predicted octanol–water partition coefficient (Wildman–Crippen LogP) is 1.83. The third-order valence-electron chi connectivity index (χ3n) is 3.76. The van der Waals surface area contributed by atoms with Crippen molar-refractivity contribution in [1.29, 1.82) is 0 Å². The monoisotopic (exact) mass is 297 g/mol. The van der Waals surface area contributed by atoms with E-state index in [0.717, 1.165) is 31.2 Å². The Labute approximate surface area is 123 Å². The lowest BCUT2D eigenvalue weighted by Gasteiger charge is -2.22. The van der Waals surface area contributed by atoms with Crippen LogP contribution < -0.4 is 11.1 Å². The number of benzene rings is 1. The maximum absolute atomic E-state index is 10.2. The van der Waals surface area contributed by atoms with Gasteiger partial charge in [-0.1, -0.05) is 41.7 Å². The first-order chi connectivity index (χ1) is 9.54. The fraction of sp³-hybridized carbons (Fsp3) is 0.500. The van der Waals surface area contributed by atoms with Gasteiger partial charge in [-0.15, -0.1) is 0 Å². The van der Waals surface area contributed by atoms with Crippen LogP contribution in [0, 0.1) is 0 Å². The van der Waals surface area contributed by atoms with Gasteiger partial charge in [0.05, 0.1) is 5.60 Å². The van der Waals surface area contributed by atoms with Gasteiger partial charge in [0.25, 0.3) is 0 Å². The number of aliphatic hydroxyl groups is 1. The van der Waals surface area contributed by atoms with E-state index in [9.17, 15) is 5.11 Å². The quantitative estimate of drug-likeness (QED) is 0.289. The molecule has 5 nitrogen and oxygen atoms in total. The summed E-state index contributed by atoms with van der Waals surface area (Å²) in [7, 11) is 0. The summed E-state index contributed by atoms with van der Waals surface area (Å²) in [5.41, 5.74) is 6.44. The summed E-state index contributed by atoms with van der Waals surface area (Å²) in [6.45, 7) is 1.16. The van der Waals surface area contributed by atoms with Gasteiger partial charge >= 0.3 is 0 Å². The van der Waals surface area contributed by atoms with E-state index in [-0.39, 0.29) is 5.84 Å². The Bertz CT molecular complexity index is 499. The van der Waals surface area contributed by atoms with Crippen LogP contribution in [0.3, 0.4) is 0 Å². The van der Waals surface area contributed by atoms with E-state index < -0.39 is 5.60 Å². The number of nitrogens with one attached hydrogen (secondary N) is 1. The summed E-state index contributed by atoms with van der Waals surface area (Å²) in [5, 5.41) is 25.6. The molecule has 0 bridgehead atoms. The molecule has 0 heterocycles. The first-order valence-electron chi connectivity index (χ1n) is 6.73. The number of nitrogens with two attached hydrogens (primary N) is 1. The molecule has 1 fully saturated rings. The van der Waals surface area contributed by atoms with Gasteiger partial charge in [0.15, 0.2) is 5.84 Å². The molecule has 0 amide bonds. The molecular formula is C14H20ClN3O2. The number of halogens is 1. The van der Waals surface area contributed by atoms with E-state index in [1.54, 1.807) is 12.1 Å². The summed E-state index contributed by atoms with van der Waals surface area (Å²) < 4.78 is 0. The Morgan fingerprint density at radius 3 is 2.70 bits per heavy atom. The standard InChI is InChI=1S/C14H20ClN3O2/c15-12-7-10(13(16)18-20)3-4-11(12)8-17-9-14(19)5-1-2-6-14/h3-4,7,17,19-20H,1-2,5-6,8-9H2,(H2,16,18). The molecule has 0 aliphatic heterocycles. The Balaban J connectivity index is 1.93. The molecule has 1 saturated carbocycles. The van der Waals surface area contributed by atoms with Gasteiger partial charge in [-0.25, -0.2) is 0 Å². The lowest BCUT2D eigenvalue weighted by molar-refractivity contribution is 0.0475. The molecule has 1 aromatic rings. The highest BCUT2D eigenvalue weighted by atomic mass is 35.5. The van der Waals surface area contributed by atoms with Gasteiger partial charge in [-0.2, -0.15) is 0 Å². The zero-order valence-electron chi connectivity index (χ0n) is 11.3. The van der Waals surface area contributed by atoms with Crippen molar-refractivity contribution < 1.29 is 10.3 Å². The average Bonchev–Trinajstić information content (AvgIpc) is 2.86. The third-order valence-corrected chi connectivity index (χ3v) is 4.11. The van der Waals surface area contributed by atoms with Crippen LogP contribution in [0.1, 0.15) is 36.8 Å². The minimum Gasteiger partial charge on any atom is -0.409 e. The van der Waals surface area contributed by atoms with Gasteiger partial charge in [0, 0.05) is 23.7 Å². The van der Waals surface area contributed by atoms with Crippen LogP contribution in [0.2, 0.25) is 5.02 Å². The number of amidine groups is 1. The Morgan fingerprint density at radius 1 is 1.40 bits per heavy atom. The summed E-state index contributed by atoms with van der Waals surface area (Å²) in [5.74, 6) is 0.0340. The lowest BCUT2D eigenvalue weighted by Crippen LogP contribution is -2.37. The molecule has 0 spiro atoms. The molecule has 110 valence electrons. The van der Waals surface area contributed by atoms with Crippen LogP contribution in [-0.2, 0) is 6.54 Å². The topological polar surface area (TPSA) is 90.9 Å². The molecule has 5 N–H and O–H groups in total. The number of rotatable bonds is 5. The van der Waals surface area contributed by atoms with Crippen molar-refractivity contribution in [1.82, 2.24) is 5.32 Å². The van der Waals surface area contributed by atoms with E-state index in [1.165, 1.54) is 0 Å². The molecule has 1 aromatic carbocycles. The lowest BCUT2D eigenvalue weighted by atomic mass is 10.0. The third kappa shape index (κ3) is 3.62. The van der Waals surface area contributed by atoms with Crippen LogP contribution in [0.4, 0.5) is 0 Å². The van der Waals surface area contributed by atoms with Gasteiger partial charge in [-0.05, 0) is 24.5 Å². The maximum atomic E-state index is 10.2. The van der Waals surface area contributed by atoms with Crippen LogP contribution in [0.5, 0.6) is 0 Å². The summed E-state index contributed by atoms with van der Waals surface area (Å²) in [6.07, 6.45) is 3.90. The molecular weight excluding hydrogens is 278 g/mol. The van der Waals surface area contributed by atoms with E-state index in [0.29, 0.717) is 23.7 Å². The van der Waals surface area contributed by atoms with Gasteiger partial charge < -0.3 is 21.4 Å². The van der Waals surface area contributed by atoms with Crippen molar-refractivity contribution in [3.05, 3.63) is 34.3 Å². The Morgan fingerprint density at radius 2 is 2.10 bits per heavy atom. The van der Waals surface area contributed by atoms with E-state index >= 15 is 0 Å². The fourth-order valence-electron chi connectivity index (χ4n) is 2.55. The van der Waals surface area contributed by atoms with Gasteiger partial charge in [-0.3, -0.25) is 0 Å². The second-order valence-electron chi connectivity index (χ2n) is 5.33. The second kappa shape index (κ2) is 6.43. The molecule has 1 aliphatic rings. The van der Waals surface area contributed by atoms with E-state index in [1.807, 2.05) is 6.07 Å². The number of nitrogens with zero attached hydrogens (tertiary/aromatic N) is 1. The van der Waals surface area contributed by atoms with Crippen LogP contribution in [0.15, 0.2) is 23.4 Å². The predicted molar refractivity (Wildman–Crippen MR) is 79.1 cm³/mol. The molecule has 0 radical (unpaired) electrons. The Kier molecular flexibility index (Phi) is 4.86. The second-order valence-corrected chi connectivity index (χ2v) is 5.73. The molecule has 2 rings (SSSR count). The van der Waals surface area contributed by atoms with Crippen molar-refractivity contribution in [2.24, 2.45) is 10.9 Å². The summed E-state index contributed by atoms with van der Waals surface area (Å²) >= 11 is 6.17. The summed E-state index contributed by atoms with van der Waals surface area (Å²) in [4.78, 5) is 0. The Hall–Kier alpha value is -1.30. The highest BCUT2D eigenvalue weighted by Gasteiger charge is 2.30. The molecule has 20 heavy (non-hydrogen) atoms. The molecule has 0 saturated heterocycles. The van der Waals surface area contributed by atoms with Gasteiger partial charge in [0.2, 0.25) is 0 Å². The largest absolute Gasteiger partial charge is 0.409 e. The molecule has 0 atom stereocenters. The van der Waals surface area contributed by atoms with E-state index in [4.69, 9.17) is 22.5 Å². The normalized spacial score (nSPS) is 18.4. The van der Waals surface area contributed by atoms with Crippen molar-refractivity contribution in [3.63, 3.8) is 0 Å². The van der Waals surface area contributed by atoms with Gasteiger partial charge in [0.1, 0.15) is 0 Å².